The van der Waals surface area contributed by atoms with Gasteiger partial charge in [0, 0.05) is 6.42 Å². The number of rotatable bonds is 74. The summed E-state index contributed by atoms with van der Waals surface area (Å²) in [6.45, 7) is 1.64. The molecule has 3 heterocycles. The number of hydrogen-bond acceptors (Lipinski definition) is 18. The van der Waals surface area contributed by atoms with E-state index < -0.39 is 124 Å². The first kappa shape index (κ1) is 105. The van der Waals surface area contributed by atoms with Crippen LogP contribution in [0.15, 0.2) is 109 Å². The summed E-state index contributed by atoms with van der Waals surface area (Å²) in [6, 6.07) is -1.00. The molecule has 3 aliphatic heterocycles. The highest BCUT2D eigenvalue weighted by Crippen LogP contribution is 2.34. The summed E-state index contributed by atoms with van der Waals surface area (Å²) in [5, 5.41) is 121. The first-order chi connectivity index (χ1) is 55.8. The van der Waals surface area contributed by atoms with Crippen molar-refractivity contribution in [3.8, 4) is 0 Å². The van der Waals surface area contributed by atoms with E-state index in [1.807, 2.05) is 6.08 Å². The highest BCUT2D eigenvalue weighted by Gasteiger charge is 2.54. The van der Waals surface area contributed by atoms with E-state index in [0.29, 0.717) is 12.8 Å². The molecule has 3 rings (SSSR count). The molecule has 0 spiro atoms. The predicted octanol–water partition coefficient (Wildman–Crippen LogP) is 18.0. The Morgan fingerprint density at radius 2 is 0.614 bits per heavy atom. The number of carbonyl (C=O) groups is 1. The van der Waals surface area contributed by atoms with Crippen LogP contribution in [0.4, 0.5) is 0 Å². The van der Waals surface area contributed by atoms with E-state index in [1.165, 1.54) is 238 Å². The minimum atomic E-state index is -1.99. The third kappa shape index (κ3) is 51.2. The molecule has 17 unspecified atom stereocenters. The van der Waals surface area contributed by atoms with E-state index in [0.717, 1.165) is 83.5 Å². The Hall–Kier alpha value is -3.55. The van der Waals surface area contributed by atoms with Gasteiger partial charge in [0.15, 0.2) is 18.9 Å². The summed E-state index contributed by atoms with van der Waals surface area (Å²) < 4.78 is 34.5. The molecule has 0 aliphatic carbocycles. The van der Waals surface area contributed by atoms with Crippen molar-refractivity contribution in [2.24, 2.45) is 0 Å². The maximum absolute atomic E-state index is 13.5. The van der Waals surface area contributed by atoms with Crippen molar-refractivity contribution in [1.82, 2.24) is 5.32 Å². The highest BCUT2D eigenvalue weighted by atomic mass is 16.8. The fraction of sp³-hybridized carbons (Fsp3) is 0.800. The van der Waals surface area contributed by atoms with Crippen LogP contribution in [0.2, 0.25) is 0 Å². The minimum absolute atomic E-state index is 0.230. The van der Waals surface area contributed by atoms with Gasteiger partial charge < -0.3 is 89.9 Å². The standard InChI is InChI=1S/C95H167NO18/c1-3-5-7-9-11-13-15-17-19-21-23-25-27-29-31-33-35-36-37-38-39-40-41-42-43-45-47-49-51-53-55-57-59-61-63-65-67-69-71-73-83(101)96-78(79(100)72-70-68-66-64-62-60-58-56-54-52-50-48-46-44-34-32-30-28-26-24-22-20-18-16-14-12-10-8-6-4-2)77-109-93-89(107)86(104)91(81(75-98)111-93)114-95-90(108)87(105)92(82(76-99)112-95)113-94-88(106)85(103)84(102)80(74-97)110-94/h5,7,11,13,17,19,23,25,29,31,35-36,54,56,62,64,70,72,78-82,84-95,97-100,102-108H,3-4,6,8-10,12,14-16,18,20-22,24,26-28,30,32-34,37-53,55,57-61,63,65-69,71,73-77H2,1-2H3,(H,96,101)/b7-5-,13-11-,19-17-,25-23-,31-29-,36-35-,56-54+,64-62+,72-70+. The van der Waals surface area contributed by atoms with Crippen LogP contribution in [0.3, 0.4) is 0 Å². The van der Waals surface area contributed by atoms with E-state index >= 15 is 0 Å². The van der Waals surface area contributed by atoms with Crippen LogP contribution < -0.4 is 5.32 Å². The van der Waals surface area contributed by atoms with Crippen molar-refractivity contribution in [3.05, 3.63) is 109 Å². The number of unbranched alkanes of at least 4 members (excludes halogenated alkanes) is 42. The predicted molar refractivity (Wildman–Crippen MR) is 461 cm³/mol. The molecule has 0 bridgehead atoms. The van der Waals surface area contributed by atoms with Gasteiger partial charge in [-0.15, -0.1) is 0 Å². The van der Waals surface area contributed by atoms with Crippen LogP contribution in [0.5, 0.6) is 0 Å². The molecule has 3 saturated heterocycles. The number of aliphatic hydroxyl groups excluding tert-OH is 11. The summed E-state index contributed by atoms with van der Waals surface area (Å²) in [4.78, 5) is 13.5. The molecule has 0 radical (unpaired) electrons. The second-order valence-corrected chi connectivity index (χ2v) is 32.4. The smallest absolute Gasteiger partial charge is 0.220 e. The third-order valence-corrected chi connectivity index (χ3v) is 22.3. The normalized spacial score (nSPS) is 25.2. The van der Waals surface area contributed by atoms with Gasteiger partial charge >= 0.3 is 0 Å². The average Bonchev–Trinajstić information content (AvgIpc) is 0.783. The van der Waals surface area contributed by atoms with Crippen LogP contribution in [0.1, 0.15) is 354 Å². The van der Waals surface area contributed by atoms with Gasteiger partial charge in [0.2, 0.25) is 5.91 Å². The zero-order valence-electron chi connectivity index (χ0n) is 71.3. The lowest BCUT2D eigenvalue weighted by atomic mass is 9.96. The van der Waals surface area contributed by atoms with Gasteiger partial charge in [0.1, 0.15) is 73.2 Å². The van der Waals surface area contributed by atoms with Crippen LogP contribution in [0.25, 0.3) is 0 Å². The maximum atomic E-state index is 13.5. The second kappa shape index (κ2) is 73.4. The molecule has 0 aromatic rings. The molecule has 19 heteroatoms. The van der Waals surface area contributed by atoms with Crippen molar-refractivity contribution < 1.29 is 89.4 Å². The molecular formula is C95H167NO18. The van der Waals surface area contributed by atoms with E-state index in [4.69, 9.17) is 28.4 Å². The van der Waals surface area contributed by atoms with Gasteiger partial charge in [0.05, 0.1) is 38.6 Å². The molecule has 17 atom stereocenters. The molecule has 1 amide bonds. The zero-order chi connectivity index (χ0) is 82.4. The molecule has 12 N–H and O–H groups in total. The highest BCUT2D eigenvalue weighted by molar-refractivity contribution is 5.76. The molecule has 19 nitrogen and oxygen atoms in total. The maximum Gasteiger partial charge on any atom is 0.220 e. The summed E-state index contributed by atoms with van der Waals surface area (Å²) >= 11 is 0. The molecule has 3 fully saturated rings. The lowest BCUT2D eigenvalue weighted by Crippen LogP contribution is -2.66. The van der Waals surface area contributed by atoms with Gasteiger partial charge in [-0.3, -0.25) is 4.79 Å². The Kier molecular flexibility index (Phi) is 67.4. The molecule has 114 heavy (non-hydrogen) atoms. The lowest BCUT2D eigenvalue weighted by molar-refractivity contribution is -0.379. The number of nitrogens with one attached hydrogen (secondary N) is 1. The molecule has 0 aromatic carbocycles. The monoisotopic (exact) mass is 1610 g/mol. The molecule has 3 aliphatic rings. The van der Waals surface area contributed by atoms with Gasteiger partial charge in [-0.2, -0.15) is 0 Å². The van der Waals surface area contributed by atoms with E-state index in [-0.39, 0.29) is 18.9 Å². The summed E-state index contributed by atoms with van der Waals surface area (Å²) in [7, 11) is 0. The number of ether oxygens (including phenoxy) is 6. The van der Waals surface area contributed by atoms with Crippen LogP contribution in [-0.2, 0) is 33.2 Å². The molecule has 0 aromatic heterocycles. The van der Waals surface area contributed by atoms with Crippen LogP contribution in [-0.4, -0.2) is 193 Å². The SMILES string of the molecule is CC/C=C\C/C=C\C/C=C\C/C=C\C/C=C\C/C=C\CCCCCCCCCCCCCCCCCCCCCCC(=O)NC(COC1OC(CO)C(OC2OC(CO)C(OC3OC(CO)C(O)C(O)C3O)C(O)C2O)C(O)C1O)C(O)/C=C/CC/C=C/CC/C=C/CCCCCCCCCCCCCCCCCCCCCC. The Morgan fingerprint density at radius 1 is 0.325 bits per heavy atom. The van der Waals surface area contributed by atoms with Gasteiger partial charge in [-0.05, 0) is 96.3 Å². The van der Waals surface area contributed by atoms with Crippen molar-refractivity contribution in [2.75, 3.05) is 26.4 Å². The molecular weight excluding hydrogens is 1440 g/mol. The number of allylic oxidation sites excluding steroid dienone is 17. The zero-order valence-corrected chi connectivity index (χ0v) is 71.3. The first-order valence-electron chi connectivity index (χ1n) is 46.1. The van der Waals surface area contributed by atoms with E-state index in [1.54, 1.807) is 6.08 Å². The fourth-order valence-electron chi connectivity index (χ4n) is 15.0. The lowest BCUT2D eigenvalue weighted by Gasteiger charge is -2.48. The van der Waals surface area contributed by atoms with Gasteiger partial charge in [0.25, 0.3) is 0 Å². The molecule has 660 valence electrons. The Morgan fingerprint density at radius 3 is 0.982 bits per heavy atom. The van der Waals surface area contributed by atoms with Gasteiger partial charge in [-0.1, -0.05) is 361 Å². The van der Waals surface area contributed by atoms with Crippen molar-refractivity contribution >= 4 is 5.91 Å². The topological polar surface area (TPSA) is 307 Å². The minimum Gasteiger partial charge on any atom is -0.394 e. The largest absolute Gasteiger partial charge is 0.394 e. The van der Waals surface area contributed by atoms with Crippen molar-refractivity contribution in [3.63, 3.8) is 0 Å². The Labute approximate surface area is 691 Å². The number of hydrogen-bond donors (Lipinski definition) is 12. The van der Waals surface area contributed by atoms with E-state index in [9.17, 15) is 61.0 Å². The van der Waals surface area contributed by atoms with Crippen LogP contribution in [0, 0.1) is 0 Å². The summed E-state index contributed by atoms with van der Waals surface area (Å²) in [6.07, 6.45) is 76.8. The van der Waals surface area contributed by atoms with Crippen molar-refractivity contribution in [2.45, 2.75) is 458 Å². The summed E-state index contributed by atoms with van der Waals surface area (Å²) in [5.74, 6) is -0.287. The quantitative estimate of drug-likeness (QED) is 0.0199. The van der Waals surface area contributed by atoms with Crippen molar-refractivity contribution in [1.29, 1.82) is 0 Å². The average molecular weight is 1610 g/mol. The summed E-state index contributed by atoms with van der Waals surface area (Å²) in [5.41, 5.74) is 0. The third-order valence-electron chi connectivity index (χ3n) is 22.3. The second-order valence-electron chi connectivity index (χ2n) is 32.4. The number of carbonyl (C=O) groups excluding carboxylic acids is 1. The fourth-order valence-corrected chi connectivity index (χ4v) is 15.0. The van der Waals surface area contributed by atoms with E-state index in [2.05, 4.69) is 116 Å². The first-order valence-corrected chi connectivity index (χ1v) is 46.1. The van der Waals surface area contributed by atoms with Gasteiger partial charge in [-0.25, -0.2) is 0 Å². The number of aliphatic hydroxyl groups is 11. The Bertz CT molecular complexity index is 2480. The Balaban J connectivity index is 1.32. The number of amides is 1. The molecule has 0 saturated carbocycles. The van der Waals surface area contributed by atoms with Crippen LogP contribution >= 0.6 is 0 Å².